The third kappa shape index (κ3) is 2.56. The Bertz CT molecular complexity index is 338. The lowest BCUT2D eigenvalue weighted by atomic mass is 10.0. The average molecular weight is 248 g/mol. The second-order valence-corrected chi connectivity index (χ2v) is 7.03. The van der Waals surface area contributed by atoms with E-state index in [0.717, 1.165) is 25.9 Å². The molecule has 0 spiro atoms. The van der Waals surface area contributed by atoms with Crippen LogP contribution in [0.2, 0.25) is 0 Å². The van der Waals surface area contributed by atoms with Gasteiger partial charge in [0.15, 0.2) is 9.84 Å². The molecule has 16 heavy (non-hydrogen) atoms. The largest absolute Gasteiger partial charge is 0.390 e. The molecule has 0 bridgehead atoms. The molecule has 0 amide bonds. The fraction of sp³-hybridized carbons (Fsp3) is 1.00. The van der Waals surface area contributed by atoms with Crippen LogP contribution in [-0.2, 0) is 9.84 Å². The Hall–Kier alpha value is -0.170. The standard InChI is InChI=1S/C10H20N2O3S/c1-12(8-3-2-4-11-5-8)9-6-16(14,15)7-10(9)13/h8-11,13H,2-7H2,1H3. The third-order valence-corrected chi connectivity index (χ3v) is 5.36. The van der Waals surface area contributed by atoms with Crippen molar-refractivity contribution >= 4 is 9.84 Å². The molecule has 0 aromatic heterocycles. The van der Waals surface area contributed by atoms with Gasteiger partial charge < -0.3 is 10.4 Å². The van der Waals surface area contributed by atoms with Crippen LogP contribution in [0, 0.1) is 0 Å². The second kappa shape index (κ2) is 4.60. The van der Waals surface area contributed by atoms with Gasteiger partial charge in [0.05, 0.1) is 23.7 Å². The van der Waals surface area contributed by atoms with Crippen molar-refractivity contribution in [2.45, 2.75) is 31.0 Å². The summed E-state index contributed by atoms with van der Waals surface area (Å²) in [7, 11) is -1.12. The van der Waals surface area contributed by atoms with Crippen molar-refractivity contribution < 1.29 is 13.5 Å². The van der Waals surface area contributed by atoms with Crippen molar-refractivity contribution in [2.75, 3.05) is 31.6 Å². The summed E-state index contributed by atoms with van der Waals surface area (Å²) in [6, 6.07) is 0.122. The van der Waals surface area contributed by atoms with Gasteiger partial charge in [0.2, 0.25) is 0 Å². The first-order valence-corrected chi connectivity index (χ1v) is 7.63. The molecular weight excluding hydrogens is 228 g/mol. The molecule has 0 aliphatic carbocycles. The number of hydrogen-bond acceptors (Lipinski definition) is 5. The molecule has 2 rings (SSSR count). The van der Waals surface area contributed by atoms with Crippen molar-refractivity contribution in [3.8, 4) is 0 Å². The van der Waals surface area contributed by atoms with Gasteiger partial charge in [-0.15, -0.1) is 0 Å². The monoisotopic (exact) mass is 248 g/mol. The summed E-state index contributed by atoms with van der Waals surface area (Å²) in [6.45, 7) is 1.93. The van der Waals surface area contributed by atoms with Crippen molar-refractivity contribution in [3.63, 3.8) is 0 Å². The summed E-state index contributed by atoms with van der Waals surface area (Å²) in [5.74, 6) is 0.0172. The fourth-order valence-corrected chi connectivity index (χ4v) is 4.51. The maximum absolute atomic E-state index is 11.4. The van der Waals surface area contributed by atoms with Crippen LogP contribution >= 0.6 is 0 Å². The highest BCUT2D eigenvalue weighted by Gasteiger charge is 2.40. The molecule has 94 valence electrons. The Labute approximate surface area is 96.7 Å². The van der Waals surface area contributed by atoms with Gasteiger partial charge in [-0.1, -0.05) is 0 Å². The molecule has 2 aliphatic heterocycles. The van der Waals surface area contributed by atoms with Crippen LogP contribution in [0.5, 0.6) is 0 Å². The van der Waals surface area contributed by atoms with Gasteiger partial charge in [-0.25, -0.2) is 8.42 Å². The third-order valence-electron chi connectivity index (χ3n) is 3.66. The van der Waals surface area contributed by atoms with Gasteiger partial charge >= 0.3 is 0 Å². The Morgan fingerprint density at radius 2 is 2.12 bits per heavy atom. The summed E-state index contributed by atoms with van der Waals surface area (Å²) in [5.41, 5.74) is 0. The molecule has 6 heteroatoms. The maximum atomic E-state index is 11.4. The molecule has 3 unspecified atom stereocenters. The van der Waals surface area contributed by atoms with E-state index in [9.17, 15) is 13.5 Å². The number of nitrogens with one attached hydrogen (secondary N) is 1. The Morgan fingerprint density at radius 3 is 2.62 bits per heavy atom. The first-order chi connectivity index (χ1) is 7.49. The van der Waals surface area contributed by atoms with E-state index in [2.05, 4.69) is 5.32 Å². The van der Waals surface area contributed by atoms with E-state index in [1.165, 1.54) is 0 Å². The quantitative estimate of drug-likeness (QED) is 0.644. The fourth-order valence-electron chi connectivity index (χ4n) is 2.65. The van der Waals surface area contributed by atoms with Crippen LogP contribution < -0.4 is 5.32 Å². The smallest absolute Gasteiger partial charge is 0.154 e. The van der Waals surface area contributed by atoms with E-state index in [4.69, 9.17) is 0 Å². The molecular formula is C10H20N2O3S. The number of aliphatic hydroxyl groups is 1. The van der Waals surface area contributed by atoms with Gasteiger partial charge in [-0.2, -0.15) is 0 Å². The number of rotatable bonds is 2. The Morgan fingerprint density at radius 1 is 1.38 bits per heavy atom. The number of hydrogen-bond donors (Lipinski definition) is 2. The van der Waals surface area contributed by atoms with Crippen molar-refractivity contribution in [1.29, 1.82) is 0 Å². The van der Waals surface area contributed by atoms with E-state index >= 15 is 0 Å². The molecule has 0 aromatic carbocycles. The predicted molar refractivity (Wildman–Crippen MR) is 62.1 cm³/mol. The van der Waals surface area contributed by atoms with Crippen LogP contribution in [0.1, 0.15) is 12.8 Å². The molecule has 2 aliphatic rings. The molecule has 2 saturated heterocycles. The second-order valence-electron chi connectivity index (χ2n) is 4.88. The Balaban J connectivity index is 2.01. The van der Waals surface area contributed by atoms with Crippen LogP contribution in [0.25, 0.3) is 0 Å². The lowest BCUT2D eigenvalue weighted by Crippen LogP contribution is -2.51. The number of likely N-dealkylation sites (N-methyl/N-ethyl adjacent to an activating group) is 1. The molecule has 0 aromatic rings. The minimum atomic E-state index is -3.04. The van der Waals surface area contributed by atoms with E-state index in [0.29, 0.717) is 6.04 Å². The first kappa shape index (κ1) is 12.3. The average Bonchev–Trinajstić information content (AvgIpc) is 2.52. The highest BCUT2D eigenvalue weighted by molar-refractivity contribution is 7.91. The van der Waals surface area contributed by atoms with Crippen LogP contribution in [-0.4, -0.2) is 68.3 Å². The molecule has 0 radical (unpaired) electrons. The lowest BCUT2D eigenvalue weighted by molar-refractivity contribution is 0.0649. The van der Waals surface area contributed by atoms with Crippen LogP contribution in [0.4, 0.5) is 0 Å². The van der Waals surface area contributed by atoms with Crippen LogP contribution in [0.15, 0.2) is 0 Å². The van der Waals surface area contributed by atoms with E-state index in [-0.39, 0.29) is 17.5 Å². The number of piperidine rings is 1. The Kier molecular flexibility index (Phi) is 3.53. The predicted octanol–water partition coefficient (Wildman–Crippen LogP) is -1.17. The lowest BCUT2D eigenvalue weighted by Gasteiger charge is -2.36. The molecule has 0 saturated carbocycles. The minimum absolute atomic E-state index is 0.0812. The molecule has 2 heterocycles. The zero-order valence-corrected chi connectivity index (χ0v) is 10.4. The van der Waals surface area contributed by atoms with Gasteiger partial charge in [0.1, 0.15) is 0 Å². The van der Waals surface area contributed by atoms with Crippen molar-refractivity contribution in [1.82, 2.24) is 10.2 Å². The van der Waals surface area contributed by atoms with Crippen molar-refractivity contribution in [3.05, 3.63) is 0 Å². The molecule has 3 atom stereocenters. The van der Waals surface area contributed by atoms with Crippen molar-refractivity contribution in [2.24, 2.45) is 0 Å². The summed E-state index contributed by atoms with van der Waals surface area (Å²) in [4.78, 5) is 2.04. The van der Waals surface area contributed by atoms with Gasteiger partial charge in [0, 0.05) is 12.6 Å². The maximum Gasteiger partial charge on any atom is 0.154 e. The number of nitrogens with zero attached hydrogens (tertiary/aromatic N) is 1. The van der Waals surface area contributed by atoms with Gasteiger partial charge in [-0.3, -0.25) is 4.90 Å². The summed E-state index contributed by atoms with van der Waals surface area (Å²) >= 11 is 0. The minimum Gasteiger partial charge on any atom is -0.390 e. The van der Waals surface area contributed by atoms with E-state index in [1.54, 1.807) is 0 Å². The van der Waals surface area contributed by atoms with E-state index in [1.807, 2.05) is 11.9 Å². The van der Waals surface area contributed by atoms with Crippen LogP contribution in [0.3, 0.4) is 0 Å². The number of sulfone groups is 1. The normalized spacial score (nSPS) is 39.1. The highest BCUT2D eigenvalue weighted by Crippen LogP contribution is 2.21. The molecule has 2 fully saturated rings. The molecule has 5 nitrogen and oxygen atoms in total. The number of aliphatic hydroxyl groups excluding tert-OH is 1. The van der Waals surface area contributed by atoms with Gasteiger partial charge in [0.25, 0.3) is 0 Å². The molecule has 2 N–H and O–H groups in total. The first-order valence-electron chi connectivity index (χ1n) is 5.81. The van der Waals surface area contributed by atoms with E-state index < -0.39 is 15.9 Å². The summed E-state index contributed by atoms with van der Waals surface area (Å²) < 4.78 is 22.9. The topological polar surface area (TPSA) is 69.6 Å². The zero-order valence-electron chi connectivity index (χ0n) is 9.59. The SMILES string of the molecule is CN(C1CCCNC1)C1CS(=O)(=O)CC1O. The zero-order chi connectivity index (χ0) is 11.8. The highest BCUT2D eigenvalue weighted by atomic mass is 32.2. The van der Waals surface area contributed by atoms with Gasteiger partial charge in [-0.05, 0) is 26.4 Å². The summed E-state index contributed by atoms with van der Waals surface area (Å²) in [5, 5.41) is 13.1. The summed E-state index contributed by atoms with van der Waals surface area (Å²) in [6.07, 6.45) is 1.47.